The third kappa shape index (κ3) is 2.24. The number of nitrogen functional groups attached to an aromatic ring is 1. The van der Waals surface area contributed by atoms with Crippen LogP contribution in [0.25, 0.3) is 0 Å². The molecule has 0 saturated heterocycles. The largest absolute Gasteiger partial charge is 0.382 e. The Morgan fingerprint density at radius 3 is 2.75 bits per heavy atom. The van der Waals surface area contributed by atoms with Crippen LogP contribution in [0.4, 0.5) is 5.82 Å². The highest BCUT2D eigenvalue weighted by molar-refractivity contribution is 5.23. The fraction of sp³-hybridized carbons (Fsp3) is 0.455. The van der Waals surface area contributed by atoms with Crippen molar-refractivity contribution in [2.24, 2.45) is 0 Å². The van der Waals surface area contributed by atoms with E-state index in [9.17, 15) is 0 Å². The monoisotopic (exact) mass is 219 g/mol. The van der Waals surface area contributed by atoms with Gasteiger partial charge < -0.3 is 10.3 Å². The smallest absolute Gasteiger partial charge is 0.145 e. The summed E-state index contributed by atoms with van der Waals surface area (Å²) in [6.07, 6.45) is 5.73. The number of aryl methyl sites for hydroxylation is 2. The fourth-order valence-corrected chi connectivity index (χ4v) is 1.72. The van der Waals surface area contributed by atoms with Crippen LogP contribution in [-0.2, 0) is 13.1 Å². The van der Waals surface area contributed by atoms with Gasteiger partial charge in [0, 0.05) is 31.1 Å². The molecule has 2 heterocycles. The van der Waals surface area contributed by atoms with Crippen LogP contribution >= 0.6 is 0 Å². The average Bonchev–Trinajstić information content (AvgIpc) is 2.83. The molecule has 5 heteroatoms. The third-order valence-electron chi connectivity index (χ3n) is 2.50. The standard InChI is InChI=1S/C11H17N5/c1-9(2)11-13-4-6-15(11)7-8-16-5-3-10(12)14-16/h3-6,9H,7-8H2,1-2H3,(H2,12,14). The van der Waals surface area contributed by atoms with E-state index < -0.39 is 0 Å². The molecule has 2 aromatic rings. The van der Waals surface area contributed by atoms with Crippen molar-refractivity contribution in [2.45, 2.75) is 32.9 Å². The number of rotatable bonds is 4. The minimum Gasteiger partial charge on any atom is -0.382 e. The second-order valence-corrected chi connectivity index (χ2v) is 4.14. The molecule has 5 nitrogen and oxygen atoms in total. The SMILES string of the molecule is CC(C)c1nccn1CCn1ccc(N)n1. The summed E-state index contributed by atoms with van der Waals surface area (Å²) in [6.45, 7) is 5.97. The summed E-state index contributed by atoms with van der Waals surface area (Å²) in [4.78, 5) is 4.34. The Morgan fingerprint density at radius 1 is 1.31 bits per heavy atom. The van der Waals surface area contributed by atoms with Crippen molar-refractivity contribution in [1.29, 1.82) is 0 Å². The van der Waals surface area contributed by atoms with Crippen molar-refractivity contribution in [3.05, 3.63) is 30.5 Å². The van der Waals surface area contributed by atoms with E-state index in [1.807, 2.05) is 23.3 Å². The highest BCUT2D eigenvalue weighted by atomic mass is 15.3. The Bertz CT molecular complexity index is 454. The molecule has 0 aliphatic rings. The van der Waals surface area contributed by atoms with Crippen LogP contribution in [0.3, 0.4) is 0 Å². The summed E-state index contributed by atoms with van der Waals surface area (Å²) in [7, 11) is 0. The molecule has 16 heavy (non-hydrogen) atoms. The van der Waals surface area contributed by atoms with E-state index in [4.69, 9.17) is 5.73 Å². The first-order chi connectivity index (χ1) is 7.66. The lowest BCUT2D eigenvalue weighted by molar-refractivity contribution is 0.513. The van der Waals surface area contributed by atoms with E-state index in [-0.39, 0.29) is 0 Å². The maximum atomic E-state index is 5.55. The second kappa shape index (κ2) is 4.38. The van der Waals surface area contributed by atoms with E-state index >= 15 is 0 Å². The van der Waals surface area contributed by atoms with Gasteiger partial charge in [-0.15, -0.1) is 0 Å². The molecule has 2 aromatic heterocycles. The topological polar surface area (TPSA) is 61.7 Å². The number of aromatic nitrogens is 4. The molecule has 0 unspecified atom stereocenters. The summed E-state index contributed by atoms with van der Waals surface area (Å²) in [6, 6.07) is 1.80. The summed E-state index contributed by atoms with van der Waals surface area (Å²) < 4.78 is 4.00. The summed E-state index contributed by atoms with van der Waals surface area (Å²) in [5.41, 5.74) is 5.55. The van der Waals surface area contributed by atoms with Crippen molar-refractivity contribution in [3.8, 4) is 0 Å². The van der Waals surface area contributed by atoms with Crippen LogP contribution in [0.1, 0.15) is 25.6 Å². The quantitative estimate of drug-likeness (QED) is 0.847. The van der Waals surface area contributed by atoms with Crippen molar-refractivity contribution in [2.75, 3.05) is 5.73 Å². The number of anilines is 1. The molecule has 0 radical (unpaired) electrons. The Labute approximate surface area is 94.9 Å². The lowest BCUT2D eigenvalue weighted by Crippen LogP contribution is -2.11. The number of hydrogen-bond donors (Lipinski definition) is 1. The maximum Gasteiger partial charge on any atom is 0.145 e. The molecule has 0 bridgehead atoms. The third-order valence-corrected chi connectivity index (χ3v) is 2.50. The molecule has 0 saturated carbocycles. The first-order valence-electron chi connectivity index (χ1n) is 5.47. The van der Waals surface area contributed by atoms with E-state index in [1.54, 1.807) is 6.07 Å². The molecule has 0 fully saturated rings. The maximum absolute atomic E-state index is 5.55. The van der Waals surface area contributed by atoms with Crippen molar-refractivity contribution >= 4 is 5.82 Å². The zero-order valence-electron chi connectivity index (χ0n) is 9.67. The van der Waals surface area contributed by atoms with Gasteiger partial charge in [-0.05, 0) is 6.07 Å². The molecule has 2 N–H and O–H groups in total. The van der Waals surface area contributed by atoms with Gasteiger partial charge in [-0.2, -0.15) is 5.10 Å². The van der Waals surface area contributed by atoms with Gasteiger partial charge in [-0.1, -0.05) is 13.8 Å². The number of nitrogens with two attached hydrogens (primary N) is 1. The molecule has 0 atom stereocenters. The number of hydrogen-bond acceptors (Lipinski definition) is 3. The summed E-state index contributed by atoms with van der Waals surface area (Å²) >= 11 is 0. The average molecular weight is 219 g/mol. The Hall–Kier alpha value is -1.78. The minimum atomic E-state index is 0.442. The molecule has 2 rings (SSSR count). The lowest BCUT2D eigenvalue weighted by atomic mass is 10.2. The molecular weight excluding hydrogens is 202 g/mol. The normalized spacial score (nSPS) is 11.2. The fourth-order valence-electron chi connectivity index (χ4n) is 1.72. The molecule has 0 spiro atoms. The van der Waals surface area contributed by atoms with Crippen LogP contribution in [0.15, 0.2) is 24.7 Å². The predicted molar refractivity (Wildman–Crippen MR) is 63.0 cm³/mol. The van der Waals surface area contributed by atoms with E-state index in [0.717, 1.165) is 18.9 Å². The van der Waals surface area contributed by atoms with Crippen molar-refractivity contribution in [1.82, 2.24) is 19.3 Å². The van der Waals surface area contributed by atoms with E-state index in [0.29, 0.717) is 11.7 Å². The zero-order valence-corrected chi connectivity index (χ0v) is 9.67. The van der Waals surface area contributed by atoms with Gasteiger partial charge in [0.05, 0.1) is 6.54 Å². The second-order valence-electron chi connectivity index (χ2n) is 4.14. The Morgan fingerprint density at radius 2 is 2.12 bits per heavy atom. The van der Waals surface area contributed by atoms with Gasteiger partial charge >= 0.3 is 0 Å². The highest BCUT2D eigenvalue weighted by Gasteiger charge is 2.06. The van der Waals surface area contributed by atoms with E-state index in [1.165, 1.54) is 0 Å². The number of imidazole rings is 1. The highest BCUT2D eigenvalue weighted by Crippen LogP contribution is 2.11. The van der Waals surface area contributed by atoms with E-state index in [2.05, 4.69) is 28.5 Å². The molecular formula is C11H17N5. The van der Waals surface area contributed by atoms with Gasteiger partial charge in [0.1, 0.15) is 11.6 Å². The van der Waals surface area contributed by atoms with Crippen LogP contribution in [-0.4, -0.2) is 19.3 Å². The Kier molecular flexibility index (Phi) is 2.94. The number of nitrogens with zero attached hydrogens (tertiary/aromatic N) is 4. The van der Waals surface area contributed by atoms with Crippen molar-refractivity contribution in [3.63, 3.8) is 0 Å². The molecule has 86 valence electrons. The minimum absolute atomic E-state index is 0.442. The molecule has 0 aliphatic heterocycles. The van der Waals surface area contributed by atoms with Crippen LogP contribution in [0, 0.1) is 0 Å². The van der Waals surface area contributed by atoms with Crippen LogP contribution in [0.2, 0.25) is 0 Å². The molecule has 0 amide bonds. The Balaban J connectivity index is 2.02. The van der Waals surface area contributed by atoms with Crippen LogP contribution in [0.5, 0.6) is 0 Å². The zero-order chi connectivity index (χ0) is 11.5. The predicted octanol–water partition coefficient (Wildman–Crippen LogP) is 1.49. The van der Waals surface area contributed by atoms with Gasteiger partial charge in [0.15, 0.2) is 0 Å². The summed E-state index contributed by atoms with van der Waals surface area (Å²) in [5, 5.41) is 4.15. The first-order valence-corrected chi connectivity index (χ1v) is 5.47. The van der Waals surface area contributed by atoms with Gasteiger partial charge in [0.25, 0.3) is 0 Å². The first kappa shape index (κ1) is 10.7. The van der Waals surface area contributed by atoms with Gasteiger partial charge in [-0.3, -0.25) is 4.68 Å². The summed E-state index contributed by atoms with van der Waals surface area (Å²) in [5.74, 6) is 2.12. The van der Waals surface area contributed by atoms with Gasteiger partial charge in [0.2, 0.25) is 0 Å². The van der Waals surface area contributed by atoms with Crippen molar-refractivity contribution < 1.29 is 0 Å². The molecule has 0 aliphatic carbocycles. The molecule has 0 aromatic carbocycles. The van der Waals surface area contributed by atoms with Crippen LogP contribution < -0.4 is 5.73 Å². The lowest BCUT2D eigenvalue weighted by Gasteiger charge is -2.10. The van der Waals surface area contributed by atoms with Gasteiger partial charge in [-0.25, -0.2) is 4.98 Å².